The van der Waals surface area contributed by atoms with Crippen LogP contribution >= 0.6 is 0 Å². The lowest BCUT2D eigenvalue weighted by Gasteiger charge is -2.21. The molecule has 2 aromatic carbocycles. The summed E-state index contributed by atoms with van der Waals surface area (Å²) in [6, 6.07) is 13.9. The number of pyridine rings is 1. The number of carbonyl (C=O) groups excluding carboxylic acids is 1. The Kier molecular flexibility index (Phi) is 5.98. The highest BCUT2D eigenvalue weighted by Gasteiger charge is 2.28. The van der Waals surface area contributed by atoms with E-state index in [1.165, 1.54) is 0 Å². The smallest absolute Gasteiger partial charge is 0.220 e. The van der Waals surface area contributed by atoms with Crippen molar-refractivity contribution < 1.29 is 19.0 Å². The van der Waals surface area contributed by atoms with Crippen molar-refractivity contribution in [3.63, 3.8) is 0 Å². The molecule has 6 nitrogen and oxygen atoms in total. The van der Waals surface area contributed by atoms with Crippen LogP contribution in [-0.4, -0.2) is 36.8 Å². The number of hydrogen-bond donors (Lipinski definition) is 1. The monoisotopic (exact) mass is 420 g/mol. The van der Waals surface area contributed by atoms with Crippen molar-refractivity contribution >= 4 is 16.8 Å². The molecule has 1 aromatic heterocycles. The molecule has 0 aliphatic carbocycles. The van der Waals surface area contributed by atoms with Crippen LogP contribution in [0.3, 0.4) is 0 Å². The maximum atomic E-state index is 11.6. The number of benzene rings is 2. The van der Waals surface area contributed by atoms with Crippen LogP contribution in [0.25, 0.3) is 22.0 Å². The highest BCUT2D eigenvalue weighted by molar-refractivity contribution is 5.90. The first-order valence-electron chi connectivity index (χ1n) is 10.6. The minimum atomic E-state index is -0.103. The van der Waals surface area contributed by atoms with Crippen LogP contribution in [0, 0.1) is 5.92 Å². The Hall–Kier alpha value is -3.28. The van der Waals surface area contributed by atoms with Crippen molar-refractivity contribution in [1.29, 1.82) is 0 Å². The quantitative estimate of drug-likeness (QED) is 0.605. The van der Waals surface area contributed by atoms with Crippen molar-refractivity contribution in [2.75, 3.05) is 13.7 Å². The maximum Gasteiger partial charge on any atom is 0.220 e. The molecule has 1 saturated heterocycles. The lowest BCUT2D eigenvalue weighted by molar-refractivity contribution is -0.119. The molecule has 0 spiro atoms. The molecule has 6 heteroatoms. The molecular weight excluding hydrogens is 392 g/mol. The van der Waals surface area contributed by atoms with Crippen molar-refractivity contribution in [3.05, 3.63) is 48.7 Å². The van der Waals surface area contributed by atoms with Gasteiger partial charge >= 0.3 is 0 Å². The maximum absolute atomic E-state index is 11.6. The van der Waals surface area contributed by atoms with E-state index >= 15 is 0 Å². The van der Waals surface area contributed by atoms with Crippen LogP contribution in [0.5, 0.6) is 17.2 Å². The van der Waals surface area contributed by atoms with Gasteiger partial charge in [0.1, 0.15) is 11.9 Å². The highest BCUT2D eigenvalue weighted by atomic mass is 16.5. The van der Waals surface area contributed by atoms with Crippen molar-refractivity contribution in [1.82, 2.24) is 10.3 Å². The zero-order valence-corrected chi connectivity index (χ0v) is 18.3. The van der Waals surface area contributed by atoms with Gasteiger partial charge in [0.25, 0.3) is 0 Å². The van der Waals surface area contributed by atoms with Gasteiger partial charge in [0.2, 0.25) is 5.91 Å². The average molecular weight is 421 g/mol. The third kappa shape index (κ3) is 4.58. The molecule has 1 N–H and O–H groups in total. The fourth-order valence-electron chi connectivity index (χ4n) is 3.87. The van der Waals surface area contributed by atoms with E-state index in [0.29, 0.717) is 24.5 Å². The zero-order chi connectivity index (χ0) is 22.0. The molecule has 3 aromatic rings. The van der Waals surface area contributed by atoms with Gasteiger partial charge in [-0.25, -0.2) is 0 Å². The molecule has 0 bridgehead atoms. The number of nitrogens with zero attached hydrogens (tertiary/aromatic N) is 1. The summed E-state index contributed by atoms with van der Waals surface area (Å²) < 4.78 is 17.8. The van der Waals surface area contributed by atoms with Crippen LogP contribution in [0.1, 0.15) is 27.2 Å². The van der Waals surface area contributed by atoms with Gasteiger partial charge in [0.05, 0.1) is 18.7 Å². The number of aromatic nitrogens is 1. The first-order chi connectivity index (χ1) is 14.9. The SMILES string of the molecule is COc1cc(-c2cc(O[C@H](C)C3CNC(=O)C3)c3cccnc3c2)ccc1OC(C)C. The number of rotatable bonds is 7. The van der Waals surface area contributed by atoms with E-state index in [2.05, 4.69) is 10.3 Å². The predicted octanol–water partition coefficient (Wildman–Crippen LogP) is 4.60. The molecule has 2 heterocycles. The molecule has 1 aliphatic heterocycles. The van der Waals surface area contributed by atoms with Crippen LogP contribution in [-0.2, 0) is 4.79 Å². The predicted molar refractivity (Wildman–Crippen MR) is 121 cm³/mol. The van der Waals surface area contributed by atoms with Crippen molar-refractivity contribution in [3.8, 4) is 28.4 Å². The number of nitrogens with one attached hydrogen (secondary N) is 1. The molecule has 0 saturated carbocycles. The molecule has 31 heavy (non-hydrogen) atoms. The number of methoxy groups -OCH3 is 1. The van der Waals surface area contributed by atoms with Gasteiger partial charge in [-0.05, 0) is 68.3 Å². The minimum Gasteiger partial charge on any atom is -0.493 e. The number of carbonyl (C=O) groups is 1. The van der Waals surface area contributed by atoms with E-state index < -0.39 is 0 Å². The highest BCUT2D eigenvalue weighted by Crippen LogP contribution is 2.37. The summed E-state index contributed by atoms with van der Waals surface area (Å²) in [6.45, 7) is 6.63. The molecular formula is C25H28N2O4. The molecule has 4 rings (SSSR count). The van der Waals surface area contributed by atoms with E-state index in [1.807, 2.05) is 63.2 Å². The molecule has 2 atom stereocenters. The van der Waals surface area contributed by atoms with Gasteiger partial charge in [-0.2, -0.15) is 0 Å². The molecule has 1 aliphatic rings. The lowest BCUT2D eigenvalue weighted by Crippen LogP contribution is -2.25. The second kappa shape index (κ2) is 8.84. The van der Waals surface area contributed by atoms with Gasteiger partial charge in [-0.1, -0.05) is 6.07 Å². The Morgan fingerprint density at radius 1 is 1.00 bits per heavy atom. The van der Waals surface area contributed by atoms with Gasteiger partial charge in [-0.15, -0.1) is 0 Å². The summed E-state index contributed by atoms with van der Waals surface area (Å²) in [7, 11) is 1.64. The Bertz CT molecular complexity index is 1100. The van der Waals surface area contributed by atoms with Crippen LogP contribution < -0.4 is 19.5 Å². The Morgan fingerprint density at radius 3 is 2.52 bits per heavy atom. The third-order valence-electron chi connectivity index (χ3n) is 5.53. The molecule has 1 unspecified atom stereocenters. The van der Waals surface area contributed by atoms with E-state index in [9.17, 15) is 4.79 Å². The third-order valence-corrected chi connectivity index (χ3v) is 5.53. The summed E-state index contributed by atoms with van der Waals surface area (Å²) >= 11 is 0. The summed E-state index contributed by atoms with van der Waals surface area (Å²) in [5.41, 5.74) is 2.81. The van der Waals surface area contributed by atoms with Gasteiger partial charge in [0.15, 0.2) is 11.5 Å². The fourth-order valence-corrected chi connectivity index (χ4v) is 3.87. The van der Waals surface area contributed by atoms with Gasteiger partial charge < -0.3 is 19.5 Å². The van der Waals surface area contributed by atoms with E-state index in [1.54, 1.807) is 13.3 Å². The van der Waals surface area contributed by atoms with Crippen LogP contribution in [0.2, 0.25) is 0 Å². The fraction of sp³-hybridized carbons (Fsp3) is 0.360. The van der Waals surface area contributed by atoms with E-state index in [4.69, 9.17) is 14.2 Å². The van der Waals surface area contributed by atoms with Gasteiger partial charge in [0, 0.05) is 30.5 Å². The summed E-state index contributed by atoms with van der Waals surface area (Å²) in [5.74, 6) is 2.38. The molecule has 1 fully saturated rings. The Labute approximate surface area is 182 Å². The lowest BCUT2D eigenvalue weighted by atomic mass is 10.0. The second-order valence-corrected chi connectivity index (χ2v) is 8.17. The van der Waals surface area contributed by atoms with E-state index in [-0.39, 0.29) is 24.0 Å². The Morgan fingerprint density at radius 2 is 1.81 bits per heavy atom. The summed E-state index contributed by atoms with van der Waals surface area (Å²) in [4.78, 5) is 16.2. The van der Waals surface area contributed by atoms with Gasteiger partial charge in [-0.3, -0.25) is 9.78 Å². The summed E-state index contributed by atoms with van der Waals surface area (Å²) in [6.07, 6.45) is 2.22. The molecule has 162 valence electrons. The average Bonchev–Trinajstić information content (AvgIpc) is 3.20. The van der Waals surface area contributed by atoms with E-state index in [0.717, 1.165) is 27.8 Å². The van der Waals surface area contributed by atoms with Crippen LogP contribution in [0.15, 0.2) is 48.7 Å². The largest absolute Gasteiger partial charge is 0.493 e. The molecule has 1 amide bonds. The second-order valence-electron chi connectivity index (χ2n) is 8.17. The van der Waals surface area contributed by atoms with Crippen molar-refractivity contribution in [2.24, 2.45) is 5.92 Å². The van der Waals surface area contributed by atoms with Crippen LogP contribution in [0.4, 0.5) is 0 Å². The number of hydrogen-bond acceptors (Lipinski definition) is 5. The number of fused-ring (bicyclic) bond motifs is 1. The minimum absolute atomic E-state index is 0.0584. The first-order valence-corrected chi connectivity index (χ1v) is 10.6. The normalized spacial score (nSPS) is 16.9. The standard InChI is InChI=1S/C25H28N2O4/c1-15(2)30-22-8-7-17(11-24(22)29-4)18-10-21-20(6-5-9-26-21)23(12-18)31-16(3)19-13-25(28)27-14-19/h5-12,15-16,19H,13-14H2,1-4H3,(H,27,28)/t16-,19?/m1/s1. The molecule has 0 radical (unpaired) electrons. The van der Waals surface area contributed by atoms with Crippen molar-refractivity contribution in [2.45, 2.75) is 39.4 Å². The zero-order valence-electron chi connectivity index (χ0n) is 18.3. The first kappa shape index (κ1) is 21.0. The Balaban J connectivity index is 1.71. The number of ether oxygens (including phenoxy) is 3. The topological polar surface area (TPSA) is 69.7 Å². The number of amides is 1. The summed E-state index contributed by atoms with van der Waals surface area (Å²) in [5, 5.41) is 3.83.